The van der Waals surface area contributed by atoms with Gasteiger partial charge in [0.25, 0.3) is 5.97 Å². The average molecular weight is 469 g/mol. The van der Waals surface area contributed by atoms with Crippen LogP contribution in [0.2, 0.25) is 0 Å². The second kappa shape index (κ2) is 10.4. The number of hydrogen-bond acceptors (Lipinski definition) is 4. The van der Waals surface area contributed by atoms with Crippen molar-refractivity contribution in [3.8, 4) is 5.88 Å². The third-order valence-corrected chi connectivity index (χ3v) is 2.24. The van der Waals surface area contributed by atoms with Gasteiger partial charge in [0.2, 0.25) is 5.88 Å². The van der Waals surface area contributed by atoms with E-state index in [4.69, 9.17) is 4.74 Å². The van der Waals surface area contributed by atoms with Crippen molar-refractivity contribution in [2.75, 3.05) is 0 Å². The van der Waals surface area contributed by atoms with Gasteiger partial charge in [-0.2, -0.15) is 42.5 Å². The molecule has 2 aromatic heterocycles. The van der Waals surface area contributed by atoms with Crippen LogP contribution in [0.15, 0.2) is 73.1 Å². The number of nitrogens with zero attached hydrogens (tertiary/aromatic N) is 2. The molecule has 0 unspecified atom stereocenters. The van der Waals surface area contributed by atoms with Crippen molar-refractivity contribution in [2.45, 2.75) is 0 Å². The van der Waals surface area contributed by atoms with Gasteiger partial charge in [-0.1, -0.05) is 6.07 Å². The van der Waals surface area contributed by atoms with Crippen LogP contribution in [0.3, 0.4) is 0 Å². The maximum absolute atomic E-state index is 11.5. The number of pyridine rings is 2. The number of hydrogen-bond donors (Lipinski definition) is 0. The van der Waals surface area contributed by atoms with Crippen LogP contribution in [-0.4, -0.2) is 15.9 Å². The van der Waals surface area contributed by atoms with Crippen LogP contribution in [0.5, 0.6) is 5.88 Å². The van der Waals surface area contributed by atoms with Crippen LogP contribution < -0.4 is 4.74 Å². The minimum atomic E-state index is -0.561. The Labute approximate surface area is 142 Å². The Morgan fingerprint density at radius 3 is 2.18 bits per heavy atom. The van der Waals surface area contributed by atoms with Gasteiger partial charge in [0.1, 0.15) is 0 Å². The van der Waals surface area contributed by atoms with E-state index in [9.17, 15) is 4.79 Å². The summed E-state index contributed by atoms with van der Waals surface area (Å²) in [7, 11) is 0. The number of carbonyl (C=O) groups excluding carboxylic acids is 1. The molecule has 0 fully saturated rings. The van der Waals surface area contributed by atoms with Crippen LogP contribution in [0.25, 0.3) is 0 Å². The predicted octanol–water partition coefficient (Wildman–Crippen LogP) is 2.98. The Morgan fingerprint density at radius 1 is 0.909 bits per heavy atom. The second-order valence-electron chi connectivity index (χ2n) is 3.77. The Bertz CT molecular complexity index is 623. The van der Waals surface area contributed by atoms with Gasteiger partial charge in [0.05, 0.1) is 0 Å². The predicted molar refractivity (Wildman–Crippen MR) is 77.5 cm³/mol. The number of aromatic nitrogens is 2. The van der Waals surface area contributed by atoms with E-state index in [0.29, 0.717) is 0 Å². The molecule has 4 nitrogen and oxygen atoms in total. The zero-order valence-electron chi connectivity index (χ0n) is 11.5. The Kier molecular flexibility index (Phi) is 8.35. The molecule has 0 bridgehead atoms. The maximum Gasteiger partial charge on any atom is 0.256 e. The minimum absolute atomic E-state index is 0. The molecule has 0 spiro atoms. The zero-order chi connectivity index (χ0) is 14.8. The van der Waals surface area contributed by atoms with Crippen molar-refractivity contribution in [1.29, 1.82) is 0 Å². The normalized spacial score (nSPS) is 8.73. The zero-order valence-corrected chi connectivity index (χ0v) is 13.9. The molecular weight excluding hydrogens is 456 g/mol. The smallest absolute Gasteiger partial charge is 0.256 e. The van der Waals surface area contributed by atoms with Gasteiger partial charge >= 0.3 is 0 Å². The Hall–Kier alpha value is -2.36. The second-order valence-corrected chi connectivity index (χ2v) is 3.77. The number of ether oxygens (including phenoxy) is 1. The molecule has 0 amide bonds. The quantitative estimate of drug-likeness (QED) is 0.429. The standard InChI is InChI=1S/C11H7N2O2.C6H5.Ir/c14-11(9-5-1-3-7-12-9)15-10-6-2-4-8-13-10;1-2-4-6-5-3-1;/h1-4,6-8H;1-5H;/q2*-1;. The summed E-state index contributed by atoms with van der Waals surface area (Å²) in [6, 6.07) is 23.5. The van der Waals surface area contributed by atoms with E-state index < -0.39 is 5.97 Å². The molecule has 0 atom stereocenters. The van der Waals surface area contributed by atoms with E-state index in [-0.39, 0.29) is 31.7 Å². The summed E-state index contributed by atoms with van der Waals surface area (Å²) in [4.78, 5) is 19.1. The first kappa shape index (κ1) is 17.7. The van der Waals surface area contributed by atoms with Gasteiger partial charge in [-0.15, -0.1) is 12.1 Å². The maximum atomic E-state index is 11.5. The Balaban J connectivity index is 0.000000293. The molecule has 0 aliphatic rings. The molecule has 3 rings (SSSR count). The summed E-state index contributed by atoms with van der Waals surface area (Å²) in [5, 5.41) is 0. The first-order valence-corrected chi connectivity index (χ1v) is 6.23. The summed E-state index contributed by atoms with van der Waals surface area (Å²) in [6.45, 7) is 0. The van der Waals surface area contributed by atoms with Gasteiger partial charge in [0, 0.05) is 32.0 Å². The van der Waals surface area contributed by atoms with Crippen molar-refractivity contribution < 1.29 is 29.6 Å². The molecular formula is C17H12IrN2O2-2. The van der Waals surface area contributed by atoms with Crippen LogP contribution in [0.1, 0.15) is 10.5 Å². The number of esters is 1. The van der Waals surface area contributed by atoms with Crippen molar-refractivity contribution >= 4 is 5.97 Å². The molecule has 0 N–H and O–H groups in total. The largest absolute Gasteiger partial charge is 0.464 e. The van der Waals surface area contributed by atoms with Crippen molar-refractivity contribution in [2.24, 2.45) is 0 Å². The molecule has 0 saturated carbocycles. The number of carbonyl (C=O) groups is 1. The minimum Gasteiger partial charge on any atom is -0.464 e. The van der Waals surface area contributed by atoms with Crippen molar-refractivity contribution in [1.82, 2.24) is 9.97 Å². The summed E-state index contributed by atoms with van der Waals surface area (Å²) in [5.74, 6) is -0.309. The fourth-order valence-corrected chi connectivity index (χ4v) is 1.33. The molecule has 3 aromatic rings. The van der Waals surface area contributed by atoms with Crippen molar-refractivity contribution in [3.63, 3.8) is 0 Å². The summed E-state index contributed by atoms with van der Waals surface area (Å²) in [6.07, 6.45) is 3.05. The summed E-state index contributed by atoms with van der Waals surface area (Å²) in [5.41, 5.74) is 0.142. The van der Waals surface area contributed by atoms with E-state index >= 15 is 0 Å². The molecule has 113 valence electrons. The molecule has 2 heterocycles. The molecule has 1 aromatic carbocycles. The first-order chi connectivity index (χ1) is 10.4. The molecule has 0 saturated heterocycles. The first-order valence-electron chi connectivity index (χ1n) is 6.23. The Morgan fingerprint density at radius 2 is 1.68 bits per heavy atom. The molecule has 0 aliphatic heterocycles. The van der Waals surface area contributed by atoms with Crippen LogP contribution in [0.4, 0.5) is 0 Å². The SMILES string of the molecule is O=C(Oc1ccccn1)c1[c-]cccn1.[Ir].[c-]1ccccc1. The fourth-order valence-electron chi connectivity index (χ4n) is 1.33. The van der Waals surface area contributed by atoms with Crippen LogP contribution in [-0.2, 0) is 20.1 Å². The van der Waals surface area contributed by atoms with Crippen molar-refractivity contribution in [3.05, 3.63) is 90.9 Å². The van der Waals surface area contributed by atoms with Crippen LogP contribution >= 0.6 is 0 Å². The topological polar surface area (TPSA) is 52.1 Å². The molecule has 5 heteroatoms. The fraction of sp³-hybridized carbons (Fsp3) is 0. The van der Waals surface area contributed by atoms with E-state index in [2.05, 4.69) is 22.1 Å². The summed E-state index contributed by atoms with van der Waals surface area (Å²) < 4.78 is 4.96. The number of benzene rings is 1. The molecule has 0 aliphatic carbocycles. The van der Waals surface area contributed by atoms with Gasteiger partial charge in [-0.3, -0.25) is 4.98 Å². The van der Waals surface area contributed by atoms with Crippen LogP contribution in [0, 0.1) is 12.1 Å². The molecule has 22 heavy (non-hydrogen) atoms. The summed E-state index contributed by atoms with van der Waals surface area (Å²) >= 11 is 0. The van der Waals surface area contributed by atoms with E-state index in [0.717, 1.165) is 0 Å². The van der Waals surface area contributed by atoms with E-state index in [1.54, 1.807) is 36.5 Å². The van der Waals surface area contributed by atoms with E-state index in [1.165, 1.54) is 6.20 Å². The molecule has 1 radical (unpaired) electrons. The van der Waals surface area contributed by atoms with Gasteiger partial charge in [0.15, 0.2) is 0 Å². The van der Waals surface area contributed by atoms with Gasteiger partial charge in [-0.25, -0.2) is 4.98 Å². The van der Waals surface area contributed by atoms with Gasteiger partial charge in [-0.05, 0) is 18.3 Å². The monoisotopic (exact) mass is 469 g/mol. The number of rotatable bonds is 2. The third-order valence-electron chi connectivity index (χ3n) is 2.24. The van der Waals surface area contributed by atoms with E-state index in [1.807, 2.05) is 30.3 Å². The third kappa shape index (κ3) is 6.39. The van der Waals surface area contributed by atoms with Gasteiger partial charge < -0.3 is 9.53 Å². The average Bonchev–Trinajstić information content (AvgIpc) is 2.59.